The number of thiocarbonyl (C=S) groups is 1. The summed E-state index contributed by atoms with van der Waals surface area (Å²) in [5.41, 5.74) is 2.12. The first-order valence-electron chi connectivity index (χ1n) is 7.78. The smallest absolute Gasteiger partial charge is 0.224 e. The number of pyridine rings is 1. The second-order valence-electron chi connectivity index (χ2n) is 5.83. The third-order valence-corrected chi connectivity index (χ3v) is 4.62. The lowest BCUT2D eigenvalue weighted by Gasteiger charge is -2.25. The molecule has 0 amide bonds. The van der Waals surface area contributed by atoms with E-state index in [1.807, 2.05) is 25.2 Å². The Morgan fingerprint density at radius 2 is 2.04 bits per heavy atom. The van der Waals surface area contributed by atoms with Gasteiger partial charge in [-0.15, -0.1) is 0 Å². The van der Waals surface area contributed by atoms with E-state index >= 15 is 0 Å². The molecule has 2 heterocycles. The summed E-state index contributed by atoms with van der Waals surface area (Å²) in [6, 6.07) is 14.2. The largest absolute Gasteiger partial charge is 0.472 e. The summed E-state index contributed by atoms with van der Waals surface area (Å²) < 4.78 is 6.12. The van der Waals surface area contributed by atoms with Crippen LogP contribution in [-0.2, 0) is 0 Å². The zero-order valence-corrected chi connectivity index (χ0v) is 14.3. The lowest BCUT2D eigenvalue weighted by atomic mass is 10.2. The lowest BCUT2D eigenvalue weighted by Crippen LogP contribution is -2.35. The van der Waals surface area contributed by atoms with E-state index in [1.54, 1.807) is 6.20 Å². The predicted octanol–water partition coefficient (Wildman–Crippen LogP) is 2.98. The summed E-state index contributed by atoms with van der Waals surface area (Å²) >= 11 is 5.53. The van der Waals surface area contributed by atoms with Crippen molar-refractivity contribution in [2.75, 3.05) is 32.1 Å². The predicted molar refractivity (Wildman–Crippen MR) is 97.3 cm³/mol. The Morgan fingerprint density at radius 3 is 2.83 bits per heavy atom. The van der Waals surface area contributed by atoms with Crippen LogP contribution in [0.2, 0.25) is 0 Å². The quantitative estimate of drug-likeness (QED) is 0.805. The maximum absolute atomic E-state index is 6.12. The average molecular weight is 327 g/mol. The minimum absolute atomic E-state index is 0.0697. The van der Waals surface area contributed by atoms with E-state index in [2.05, 4.69) is 46.1 Å². The molecule has 0 spiro atoms. The molecule has 2 aromatic rings. The summed E-state index contributed by atoms with van der Waals surface area (Å²) in [7, 11) is 4.12. The van der Waals surface area contributed by atoms with Gasteiger partial charge in [0.05, 0.1) is 12.1 Å². The van der Waals surface area contributed by atoms with Gasteiger partial charge in [0.1, 0.15) is 11.1 Å². The third kappa shape index (κ3) is 3.62. The van der Waals surface area contributed by atoms with Crippen LogP contribution in [0, 0.1) is 0 Å². The fraction of sp³-hybridized carbons (Fsp3) is 0.333. The van der Waals surface area contributed by atoms with Crippen molar-refractivity contribution in [2.45, 2.75) is 12.5 Å². The Morgan fingerprint density at radius 1 is 1.26 bits per heavy atom. The first-order valence-corrected chi connectivity index (χ1v) is 8.19. The van der Waals surface area contributed by atoms with Crippen molar-refractivity contribution < 1.29 is 4.74 Å². The Bertz CT molecular complexity index is 677. The van der Waals surface area contributed by atoms with Gasteiger partial charge >= 0.3 is 0 Å². The number of benzene rings is 1. The van der Waals surface area contributed by atoms with Crippen molar-refractivity contribution in [1.82, 2.24) is 9.88 Å². The number of hydrogen-bond acceptors (Lipinski definition) is 4. The number of nitrogens with zero attached hydrogens (tertiary/aromatic N) is 3. The Kier molecular flexibility index (Phi) is 4.76. The molecule has 1 aromatic carbocycles. The van der Waals surface area contributed by atoms with Gasteiger partial charge < -0.3 is 14.5 Å². The highest BCUT2D eigenvalue weighted by Crippen LogP contribution is 2.23. The Balaban J connectivity index is 1.68. The highest BCUT2D eigenvalue weighted by molar-refractivity contribution is 7.80. The first-order chi connectivity index (χ1) is 11.1. The van der Waals surface area contributed by atoms with Crippen molar-refractivity contribution in [3.8, 4) is 5.88 Å². The highest BCUT2D eigenvalue weighted by atomic mass is 32.1. The van der Waals surface area contributed by atoms with Crippen LogP contribution in [0.4, 0.5) is 5.69 Å². The molecule has 5 heteroatoms. The molecule has 0 fully saturated rings. The molecule has 1 aromatic heterocycles. The number of fused-ring (bicyclic) bond motifs is 1. The minimum atomic E-state index is 0.0697. The number of likely N-dealkylation sites (N-methyl/N-ethyl adjacent to an activating group) is 1. The van der Waals surface area contributed by atoms with Gasteiger partial charge in [-0.25, -0.2) is 4.98 Å². The fourth-order valence-corrected chi connectivity index (χ4v) is 2.97. The molecule has 120 valence electrons. The Labute approximate surface area is 142 Å². The van der Waals surface area contributed by atoms with Crippen molar-refractivity contribution in [2.24, 2.45) is 0 Å². The van der Waals surface area contributed by atoms with Crippen molar-refractivity contribution in [3.05, 3.63) is 54.2 Å². The maximum Gasteiger partial charge on any atom is 0.224 e. The molecular formula is C18H21N3OS. The number of rotatable bonds is 4. The monoisotopic (exact) mass is 327 g/mol. The summed E-state index contributed by atoms with van der Waals surface area (Å²) in [6.07, 6.45) is 2.73. The lowest BCUT2D eigenvalue weighted by molar-refractivity contribution is 0.168. The first kappa shape index (κ1) is 15.7. The van der Waals surface area contributed by atoms with Gasteiger partial charge in [-0.2, -0.15) is 0 Å². The van der Waals surface area contributed by atoms with Gasteiger partial charge in [0.25, 0.3) is 0 Å². The average Bonchev–Trinajstić information content (AvgIpc) is 2.71. The minimum Gasteiger partial charge on any atom is -0.472 e. The summed E-state index contributed by atoms with van der Waals surface area (Å²) in [6.45, 7) is 1.69. The van der Waals surface area contributed by atoms with E-state index in [0.717, 1.165) is 30.1 Å². The molecule has 0 bridgehead atoms. The van der Waals surface area contributed by atoms with E-state index in [0.29, 0.717) is 5.88 Å². The van der Waals surface area contributed by atoms with Gasteiger partial charge in [0.2, 0.25) is 5.88 Å². The molecule has 0 aliphatic carbocycles. The normalized spacial score (nSPS) is 17.2. The van der Waals surface area contributed by atoms with Crippen LogP contribution in [0.15, 0.2) is 48.7 Å². The number of para-hydroxylation sites is 1. The topological polar surface area (TPSA) is 28.6 Å². The summed E-state index contributed by atoms with van der Waals surface area (Å²) in [5, 5.41) is 0. The van der Waals surface area contributed by atoms with Gasteiger partial charge in [0.15, 0.2) is 0 Å². The van der Waals surface area contributed by atoms with Gasteiger partial charge in [-0.1, -0.05) is 30.4 Å². The molecule has 0 radical (unpaired) electrons. The number of hydrogen-bond donors (Lipinski definition) is 0. The van der Waals surface area contributed by atoms with Crippen LogP contribution in [0.1, 0.15) is 12.0 Å². The van der Waals surface area contributed by atoms with Crippen LogP contribution in [0.5, 0.6) is 5.88 Å². The number of ether oxygens (including phenoxy) is 1. The molecule has 0 N–H and O–H groups in total. The third-order valence-electron chi connectivity index (χ3n) is 4.09. The van der Waals surface area contributed by atoms with Gasteiger partial charge in [-0.3, -0.25) is 0 Å². The molecule has 1 aliphatic rings. The van der Waals surface area contributed by atoms with E-state index in [-0.39, 0.29) is 6.10 Å². The molecule has 0 saturated heterocycles. The molecule has 1 unspecified atom stereocenters. The van der Waals surface area contributed by atoms with E-state index in [4.69, 9.17) is 17.0 Å². The van der Waals surface area contributed by atoms with Gasteiger partial charge in [0, 0.05) is 38.9 Å². The molecule has 3 rings (SSSR count). The fourth-order valence-electron chi connectivity index (χ4n) is 2.74. The molecule has 1 aliphatic heterocycles. The SMILES string of the molecule is CN1CC(CCN(C)c2ccccc2)Oc2ncccc2C1=S. The zero-order valence-electron chi connectivity index (χ0n) is 13.5. The highest BCUT2D eigenvalue weighted by Gasteiger charge is 2.25. The second-order valence-corrected chi connectivity index (χ2v) is 6.21. The van der Waals surface area contributed by atoms with Crippen LogP contribution >= 0.6 is 12.2 Å². The standard InChI is InChI=1S/C18H21N3OS/c1-20(14-7-4-3-5-8-14)12-10-15-13-21(2)18(23)16-9-6-11-19-17(16)22-15/h3-9,11,15H,10,12-13H2,1-2H3. The molecular weight excluding hydrogens is 306 g/mol. The summed E-state index contributed by atoms with van der Waals surface area (Å²) in [5.74, 6) is 0.647. The van der Waals surface area contributed by atoms with Gasteiger partial charge in [-0.05, 0) is 24.3 Å². The molecule has 0 saturated carbocycles. The summed E-state index contributed by atoms with van der Waals surface area (Å²) in [4.78, 5) is 9.47. The van der Waals surface area contributed by atoms with E-state index < -0.39 is 0 Å². The molecule has 23 heavy (non-hydrogen) atoms. The number of anilines is 1. The van der Waals surface area contributed by atoms with Crippen molar-refractivity contribution >= 4 is 22.9 Å². The molecule has 4 nitrogen and oxygen atoms in total. The Hall–Kier alpha value is -2.14. The maximum atomic E-state index is 6.12. The zero-order chi connectivity index (χ0) is 16.2. The van der Waals surface area contributed by atoms with Crippen molar-refractivity contribution in [3.63, 3.8) is 0 Å². The van der Waals surface area contributed by atoms with E-state index in [9.17, 15) is 0 Å². The van der Waals surface area contributed by atoms with Crippen LogP contribution < -0.4 is 9.64 Å². The van der Waals surface area contributed by atoms with Crippen LogP contribution in [-0.4, -0.2) is 48.2 Å². The van der Waals surface area contributed by atoms with Crippen molar-refractivity contribution in [1.29, 1.82) is 0 Å². The second kappa shape index (κ2) is 6.96. The molecule has 1 atom stereocenters. The van der Waals surface area contributed by atoms with Crippen LogP contribution in [0.25, 0.3) is 0 Å². The van der Waals surface area contributed by atoms with E-state index in [1.165, 1.54) is 5.69 Å². The van der Waals surface area contributed by atoms with Crippen LogP contribution in [0.3, 0.4) is 0 Å². The number of aromatic nitrogens is 1.